The van der Waals surface area contributed by atoms with Crippen molar-refractivity contribution in [2.45, 2.75) is 58.9 Å². The van der Waals surface area contributed by atoms with Crippen LogP contribution in [0.25, 0.3) is 5.78 Å². The number of hydrogen-bond donors (Lipinski definition) is 1. The van der Waals surface area contributed by atoms with E-state index in [1.807, 2.05) is 18.7 Å². The van der Waals surface area contributed by atoms with Gasteiger partial charge in [-0.3, -0.25) is 9.59 Å². The van der Waals surface area contributed by atoms with Crippen LogP contribution in [0.4, 0.5) is 0 Å². The third kappa shape index (κ3) is 3.45. The molecule has 0 aliphatic carbocycles. The molecule has 9 nitrogen and oxygen atoms in total. The van der Waals surface area contributed by atoms with Crippen LogP contribution in [-0.4, -0.2) is 78.6 Å². The molecule has 2 atom stereocenters. The van der Waals surface area contributed by atoms with Gasteiger partial charge in [-0.05, 0) is 45.1 Å². The van der Waals surface area contributed by atoms with E-state index in [4.69, 9.17) is 0 Å². The summed E-state index contributed by atoms with van der Waals surface area (Å²) in [6.45, 7) is 7.36. The number of aliphatic hydroxyl groups excluding tert-OH is 1. The van der Waals surface area contributed by atoms with E-state index in [1.54, 1.807) is 16.3 Å². The van der Waals surface area contributed by atoms with E-state index in [0.717, 1.165) is 36.2 Å². The first kappa shape index (κ1) is 20.7. The number of nitrogens with zero attached hydrogens (tertiary/aromatic N) is 6. The largest absolute Gasteiger partial charge is 0.396 e. The summed E-state index contributed by atoms with van der Waals surface area (Å²) in [6.07, 6.45) is 4.94. The van der Waals surface area contributed by atoms with Crippen molar-refractivity contribution in [1.29, 1.82) is 0 Å². The number of rotatable bonds is 4. The summed E-state index contributed by atoms with van der Waals surface area (Å²) in [5.74, 6) is 0.661. The van der Waals surface area contributed by atoms with Crippen molar-refractivity contribution in [3.8, 4) is 0 Å². The van der Waals surface area contributed by atoms with E-state index in [0.29, 0.717) is 38.3 Å². The molecule has 162 valence electrons. The van der Waals surface area contributed by atoms with Crippen LogP contribution in [0.5, 0.6) is 0 Å². The van der Waals surface area contributed by atoms with E-state index in [-0.39, 0.29) is 29.9 Å². The second-order valence-corrected chi connectivity index (χ2v) is 8.68. The average Bonchev–Trinajstić information content (AvgIpc) is 3.20. The van der Waals surface area contributed by atoms with Crippen LogP contribution in [-0.2, 0) is 16.0 Å². The Morgan fingerprint density at radius 3 is 2.80 bits per heavy atom. The first-order chi connectivity index (χ1) is 14.4. The molecule has 2 saturated heterocycles. The molecular formula is C21H30N6O3. The Hall–Kier alpha value is -2.55. The molecule has 2 aliphatic heterocycles. The molecule has 2 aromatic rings. The first-order valence-corrected chi connectivity index (χ1v) is 10.7. The quantitative estimate of drug-likeness (QED) is 0.797. The van der Waals surface area contributed by atoms with Gasteiger partial charge in [0.05, 0.1) is 12.6 Å². The van der Waals surface area contributed by atoms with Crippen molar-refractivity contribution in [1.82, 2.24) is 29.4 Å². The summed E-state index contributed by atoms with van der Waals surface area (Å²) >= 11 is 0. The Kier molecular flexibility index (Phi) is 5.48. The maximum atomic E-state index is 13.3. The lowest BCUT2D eigenvalue weighted by Crippen LogP contribution is -2.64. The monoisotopic (exact) mass is 414 g/mol. The molecule has 30 heavy (non-hydrogen) atoms. The maximum Gasteiger partial charge on any atom is 0.252 e. The van der Waals surface area contributed by atoms with Crippen LogP contribution in [0.1, 0.15) is 49.6 Å². The van der Waals surface area contributed by atoms with Crippen molar-refractivity contribution < 1.29 is 14.7 Å². The minimum atomic E-state index is -0.299. The zero-order chi connectivity index (χ0) is 21.5. The highest BCUT2D eigenvalue weighted by Crippen LogP contribution is 2.42. The molecule has 2 amide bonds. The number of aromatic nitrogens is 4. The zero-order valence-corrected chi connectivity index (χ0v) is 18.0. The fraction of sp³-hybridized carbons (Fsp3) is 0.667. The van der Waals surface area contributed by atoms with Gasteiger partial charge in [-0.1, -0.05) is 0 Å². The number of piperidine rings is 2. The molecular weight excluding hydrogens is 384 g/mol. The third-order valence-corrected chi connectivity index (χ3v) is 7.09. The van der Waals surface area contributed by atoms with Gasteiger partial charge in [0.2, 0.25) is 11.8 Å². The van der Waals surface area contributed by atoms with Gasteiger partial charge in [-0.15, -0.1) is 0 Å². The Balaban J connectivity index is 1.53. The van der Waals surface area contributed by atoms with E-state index in [2.05, 4.69) is 15.1 Å². The molecule has 0 spiro atoms. The standard InChI is InChI=1S/C21H30N6O3/c1-14-17(15(2)27-20(24-14)22-13-23-27)5-6-19(30)26-9-4-7-21(12-28)8-10-25(16(3)29)11-18(21)26/h13,18,28H,4-12H2,1-3H3/t18-,21-/m0/s1. The maximum absolute atomic E-state index is 13.3. The molecule has 2 fully saturated rings. The van der Waals surface area contributed by atoms with Crippen molar-refractivity contribution >= 4 is 17.6 Å². The van der Waals surface area contributed by atoms with Gasteiger partial charge < -0.3 is 14.9 Å². The van der Waals surface area contributed by atoms with Crippen LogP contribution in [0.3, 0.4) is 0 Å². The lowest BCUT2D eigenvalue weighted by Gasteiger charge is -2.54. The fourth-order valence-corrected chi connectivity index (χ4v) is 5.24. The van der Waals surface area contributed by atoms with E-state index < -0.39 is 0 Å². The van der Waals surface area contributed by atoms with Crippen molar-refractivity contribution in [3.63, 3.8) is 0 Å². The summed E-state index contributed by atoms with van der Waals surface area (Å²) in [5.41, 5.74) is 2.53. The molecule has 0 bridgehead atoms. The molecule has 9 heteroatoms. The molecule has 4 rings (SSSR count). The van der Waals surface area contributed by atoms with Crippen molar-refractivity contribution in [3.05, 3.63) is 23.3 Å². The minimum Gasteiger partial charge on any atom is -0.396 e. The number of amides is 2. The lowest BCUT2D eigenvalue weighted by atomic mass is 9.69. The summed E-state index contributed by atoms with van der Waals surface area (Å²) in [5, 5.41) is 14.4. The number of carbonyl (C=O) groups excluding carboxylic acids is 2. The van der Waals surface area contributed by atoms with Crippen LogP contribution in [0.2, 0.25) is 0 Å². The zero-order valence-electron chi connectivity index (χ0n) is 18.0. The van der Waals surface area contributed by atoms with Gasteiger partial charge in [-0.2, -0.15) is 10.1 Å². The summed E-state index contributed by atoms with van der Waals surface area (Å²) in [7, 11) is 0. The molecule has 1 N–H and O–H groups in total. The predicted molar refractivity (Wildman–Crippen MR) is 110 cm³/mol. The van der Waals surface area contributed by atoms with Crippen LogP contribution >= 0.6 is 0 Å². The Bertz CT molecular complexity index is 973. The summed E-state index contributed by atoms with van der Waals surface area (Å²) in [6, 6.07) is -0.125. The van der Waals surface area contributed by atoms with Gasteiger partial charge in [0.1, 0.15) is 6.33 Å². The number of hydrogen-bond acceptors (Lipinski definition) is 6. The van der Waals surface area contributed by atoms with Crippen LogP contribution < -0.4 is 0 Å². The van der Waals surface area contributed by atoms with Gasteiger partial charge in [0, 0.05) is 49.8 Å². The van der Waals surface area contributed by atoms with Crippen LogP contribution in [0.15, 0.2) is 6.33 Å². The van der Waals surface area contributed by atoms with Gasteiger partial charge in [-0.25, -0.2) is 9.50 Å². The molecule has 2 aromatic heterocycles. The Morgan fingerprint density at radius 1 is 1.27 bits per heavy atom. The number of fused-ring (bicyclic) bond motifs is 2. The Morgan fingerprint density at radius 2 is 2.07 bits per heavy atom. The van der Waals surface area contributed by atoms with Crippen LogP contribution in [0, 0.1) is 19.3 Å². The highest BCUT2D eigenvalue weighted by molar-refractivity contribution is 5.78. The van der Waals surface area contributed by atoms with Crippen molar-refractivity contribution in [2.75, 3.05) is 26.2 Å². The van der Waals surface area contributed by atoms with E-state index >= 15 is 0 Å². The smallest absolute Gasteiger partial charge is 0.252 e. The number of aliphatic hydroxyl groups is 1. The van der Waals surface area contributed by atoms with Gasteiger partial charge in [0.25, 0.3) is 5.78 Å². The topological polar surface area (TPSA) is 104 Å². The lowest BCUT2D eigenvalue weighted by molar-refractivity contribution is -0.152. The van der Waals surface area contributed by atoms with Gasteiger partial charge >= 0.3 is 0 Å². The molecule has 0 unspecified atom stereocenters. The summed E-state index contributed by atoms with van der Waals surface area (Å²) in [4.78, 5) is 37.6. The molecule has 0 saturated carbocycles. The van der Waals surface area contributed by atoms with E-state index in [9.17, 15) is 14.7 Å². The van der Waals surface area contributed by atoms with E-state index in [1.165, 1.54) is 6.33 Å². The third-order valence-electron chi connectivity index (χ3n) is 7.09. The highest BCUT2D eigenvalue weighted by Gasteiger charge is 2.49. The first-order valence-electron chi connectivity index (χ1n) is 10.7. The summed E-state index contributed by atoms with van der Waals surface area (Å²) < 4.78 is 1.70. The molecule has 2 aliphatic rings. The molecule has 0 radical (unpaired) electrons. The highest BCUT2D eigenvalue weighted by atomic mass is 16.3. The van der Waals surface area contributed by atoms with Crippen molar-refractivity contribution in [2.24, 2.45) is 5.41 Å². The fourth-order valence-electron chi connectivity index (χ4n) is 5.24. The second kappa shape index (κ2) is 7.94. The Labute approximate surface area is 176 Å². The minimum absolute atomic E-state index is 0.0259. The predicted octanol–water partition coefficient (Wildman–Crippen LogP) is 0.896. The molecule has 4 heterocycles. The number of aryl methyl sites for hydroxylation is 2. The second-order valence-electron chi connectivity index (χ2n) is 8.68. The average molecular weight is 415 g/mol. The normalized spacial score (nSPS) is 24.2. The van der Waals surface area contributed by atoms with Gasteiger partial charge in [0.15, 0.2) is 0 Å². The number of carbonyl (C=O) groups is 2. The molecule has 0 aromatic carbocycles. The number of likely N-dealkylation sites (tertiary alicyclic amines) is 2. The SMILES string of the molecule is CC(=O)N1CC[C@]2(CO)CCCN(C(=O)CCc3c(C)nc4ncnn4c3C)[C@H]2C1.